The van der Waals surface area contributed by atoms with E-state index in [9.17, 15) is 9.90 Å². The van der Waals surface area contributed by atoms with E-state index in [2.05, 4.69) is 17.0 Å². The quantitative estimate of drug-likeness (QED) is 0.871. The highest BCUT2D eigenvalue weighted by atomic mass is 16.3. The molecule has 1 heterocycles. The molecule has 1 aliphatic rings. The highest BCUT2D eigenvalue weighted by Crippen LogP contribution is 2.26. The van der Waals surface area contributed by atoms with Crippen molar-refractivity contribution < 1.29 is 9.90 Å². The lowest BCUT2D eigenvalue weighted by Crippen LogP contribution is -2.33. The summed E-state index contributed by atoms with van der Waals surface area (Å²) in [5.74, 6) is 0.584. The standard InChI is InChI=1S/C17H19NO2/c19-12-13-6-8-18(9-7-13)11-14-4-5-16-15(10-14)2-1-3-17(16)20/h1-5,10,12-13,20H,6-9,11H2. The van der Waals surface area contributed by atoms with E-state index in [0.717, 1.165) is 49.5 Å². The Kier molecular flexibility index (Phi) is 3.70. The zero-order chi connectivity index (χ0) is 13.9. The van der Waals surface area contributed by atoms with Crippen LogP contribution >= 0.6 is 0 Å². The van der Waals surface area contributed by atoms with E-state index in [-0.39, 0.29) is 5.92 Å². The minimum Gasteiger partial charge on any atom is -0.507 e. The zero-order valence-electron chi connectivity index (χ0n) is 11.5. The zero-order valence-corrected chi connectivity index (χ0v) is 11.5. The van der Waals surface area contributed by atoms with Gasteiger partial charge in [0.1, 0.15) is 12.0 Å². The molecule has 3 heteroatoms. The molecule has 0 saturated carbocycles. The number of fused-ring (bicyclic) bond motifs is 1. The van der Waals surface area contributed by atoms with E-state index in [1.54, 1.807) is 6.07 Å². The maximum Gasteiger partial charge on any atom is 0.123 e. The molecule has 0 spiro atoms. The van der Waals surface area contributed by atoms with Gasteiger partial charge in [-0.3, -0.25) is 4.90 Å². The number of likely N-dealkylation sites (tertiary alicyclic amines) is 1. The third-order valence-electron chi connectivity index (χ3n) is 4.15. The number of nitrogens with zero attached hydrogens (tertiary/aromatic N) is 1. The predicted molar refractivity (Wildman–Crippen MR) is 79.7 cm³/mol. The smallest absolute Gasteiger partial charge is 0.123 e. The molecule has 2 aromatic carbocycles. The first-order chi connectivity index (χ1) is 9.76. The summed E-state index contributed by atoms with van der Waals surface area (Å²) in [4.78, 5) is 13.2. The number of benzene rings is 2. The molecule has 104 valence electrons. The summed E-state index contributed by atoms with van der Waals surface area (Å²) >= 11 is 0. The fourth-order valence-corrected chi connectivity index (χ4v) is 2.92. The lowest BCUT2D eigenvalue weighted by atomic mass is 9.98. The van der Waals surface area contributed by atoms with Gasteiger partial charge in [0.15, 0.2) is 0 Å². The Morgan fingerprint density at radius 2 is 2.00 bits per heavy atom. The van der Waals surface area contributed by atoms with Crippen molar-refractivity contribution in [3.8, 4) is 5.75 Å². The minimum atomic E-state index is 0.250. The van der Waals surface area contributed by atoms with Gasteiger partial charge in [0.05, 0.1) is 0 Å². The largest absolute Gasteiger partial charge is 0.507 e. The van der Waals surface area contributed by atoms with Crippen LogP contribution in [0.1, 0.15) is 18.4 Å². The topological polar surface area (TPSA) is 40.5 Å². The summed E-state index contributed by atoms with van der Waals surface area (Å²) < 4.78 is 0. The SMILES string of the molecule is O=CC1CCN(Cc2ccc3c(O)cccc3c2)CC1. The fraction of sp³-hybridized carbons (Fsp3) is 0.353. The van der Waals surface area contributed by atoms with Crippen molar-refractivity contribution in [3.05, 3.63) is 42.0 Å². The van der Waals surface area contributed by atoms with Crippen LogP contribution in [0.5, 0.6) is 5.75 Å². The maximum absolute atomic E-state index is 10.8. The number of hydrogen-bond acceptors (Lipinski definition) is 3. The Morgan fingerprint density at radius 1 is 1.20 bits per heavy atom. The number of carbonyl (C=O) groups is 1. The number of carbonyl (C=O) groups excluding carboxylic acids is 1. The summed E-state index contributed by atoms with van der Waals surface area (Å²) in [5.41, 5.74) is 1.26. The number of phenols is 1. The molecule has 0 radical (unpaired) electrons. The molecule has 0 bridgehead atoms. The molecule has 0 unspecified atom stereocenters. The number of aldehydes is 1. The van der Waals surface area contributed by atoms with Gasteiger partial charge in [-0.25, -0.2) is 0 Å². The first-order valence-electron chi connectivity index (χ1n) is 7.14. The van der Waals surface area contributed by atoms with Crippen molar-refractivity contribution in [3.63, 3.8) is 0 Å². The Labute approximate surface area is 118 Å². The van der Waals surface area contributed by atoms with E-state index in [0.29, 0.717) is 5.75 Å². The van der Waals surface area contributed by atoms with Gasteiger partial charge >= 0.3 is 0 Å². The van der Waals surface area contributed by atoms with Gasteiger partial charge in [-0.15, -0.1) is 0 Å². The maximum atomic E-state index is 10.8. The molecule has 1 aliphatic heterocycles. The normalized spacial score (nSPS) is 17.4. The van der Waals surface area contributed by atoms with Crippen molar-refractivity contribution in [2.24, 2.45) is 5.92 Å². The molecule has 3 nitrogen and oxygen atoms in total. The van der Waals surface area contributed by atoms with Crippen LogP contribution in [-0.2, 0) is 11.3 Å². The number of hydrogen-bond donors (Lipinski definition) is 1. The van der Waals surface area contributed by atoms with Crippen molar-refractivity contribution in [1.29, 1.82) is 0 Å². The summed E-state index contributed by atoms with van der Waals surface area (Å²) in [6, 6.07) is 11.8. The second-order valence-corrected chi connectivity index (χ2v) is 5.58. The van der Waals surface area contributed by atoms with E-state index < -0.39 is 0 Å². The van der Waals surface area contributed by atoms with Crippen LogP contribution in [0.4, 0.5) is 0 Å². The van der Waals surface area contributed by atoms with E-state index >= 15 is 0 Å². The molecule has 0 aromatic heterocycles. The van der Waals surface area contributed by atoms with E-state index in [4.69, 9.17) is 0 Å². The van der Waals surface area contributed by atoms with Gasteiger partial charge in [-0.2, -0.15) is 0 Å². The van der Waals surface area contributed by atoms with Crippen molar-refractivity contribution in [2.75, 3.05) is 13.1 Å². The van der Waals surface area contributed by atoms with Gasteiger partial charge in [0.25, 0.3) is 0 Å². The lowest BCUT2D eigenvalue weighted by molar-refractivity contribution is -0.112. The van der Waals surface area contributed by atoms with Crippen LogP contribution in [0.2, 0.25) is 0 Å². The van der Waals surface area contributed by atoms with Gasteiger partial charge in [-0.05, 0) is 49.0 Å². The molecule has 0 atom stereocenters. The van der Waals surface area contributed by atoms with Gasteiger partial charge in [0.2, 0.25) is 0 Å². The first-order valence-corrected chi connectivity index (χ1v) is 7.14. The minimum absolute atomic E-state index is 0.250. The Bertz CT molecular complexity index is 615. The molecule has 1 saturated heterocycles. The average Bonchev–Trinajstić information content (AvgIpc) is 2.48. The Morgan fingerprint density at radius 3 is 2.75 bits per heavy atom. The Balaban J connectivity index is 1.73. The average molecular weight is 269 g/mol. The van der Waals surface area contributed by atoms with E-state index in [1.165, 1.54) is 5.56 Å². The highest BCUT2D eigenvalue weighted by molar-refractivity contribution is 5.88. The number of rotatable bonds is 3. The van der Waals surface area contributed by atoms with Crippen molar-refractivity contribution in [2.45, 2.75) is 19.4 Å². The fourth-order valence-electron chi connectivity index (χ4n) is 2.92. The second kappa shape index (κ2) is 5.63. The van der Waals surface area contributed by atoms with Gasteiger partial charge in [0, 0.05) is 17.8 Å². The highest BCUT2D eigenvalue weighted by Gasteiger charge is 2.18. The predicted octanol–water partition coefficient (Wildman–Crippen LogP) is 2.96. The third kappa shape index (κ3) is 2.68. The van der Waals surface area contributed by atoms with Crippen LogP contribution in [0.15, 0.2) is 36.4 Å². The number of phenolic OH excluding ortho intramolecular Hbond substituents is 1. The molecule has 1 fully saturated rings. The van der Waals surface area contributed by atoms with Crippen LogP contribution in [0, 0.1) is 5.92 Å². The molecule has 1 N–H and O–H groups in total. The Hall–Kier alpha value is -1.87. The molecule has 2 aromatic rings. The number of aromatic hydroxyl groups is 1. The van der Waals surface area contributed by atoms with Crippen molar-refractivity contribution >= 4 is 17.1 Å². The van der Waals surface area contributed by atoms with Crippen molar-refractivity contribution in [1.82, 2.24) is 4.90 Å². The molecule has 3 rings (SSSR count). The number of piperidine rings is 1. The molecular weight excluding hydrogens is 250 g/mol. The summed E-state index contributed by atoms with van der Waals surface area (Å²) in [7, 11) is 0. The van der Waals surface area contributed by atoms with E-state index in [1.807, 2.05) is 18.2 Å². The summed E-state index contributed by atoms with van der Waals surface area (Å²) in [6.45, 7) is 2.89. The first kappa shape index (κ1) is 13.1. The van der Waals surface area contributed by atoms with Crippen LogP contribution in [0.3, 0.4) is 0 Å². The summed E-state index contributed by atoms with van der Waals surface area (Å²) in [6.07, 6.45) is 3.03. The van der Waals surface area contributed by atoms with Crippen LogP contribution in [-0.4, -0.2) is 29.4 Å². The molecule has 20 heavy (non-hydrogen) atoms. The van der Waals surface area contributed by atoms with Gasteiger partial charge < -0.3 is 9.90 Å². The third-order valence-corrected chi connectivity index (χ3v) is 4.15. The second-order valence-electron chi connectivity index (χ2n) is 5.58. The summed E-state index contributed by atoms with van der Waals surface area (Å²) in [5, 5.41) is 11.8. The van der Waals surface area contributed by atoms with Gasteiger partial charge in [-0.1, -0.05) is 24.3 Å². The van der Waals surface area contributed by atoms with Crippen LogP contribution in [0.25, 0.3) is 10.8 Å². The molecule has 0 aliphatic carbocycles. The lowest BCUT2D eigenvalue weighted by Gasteiger charge is -2.29. The molecule has 0 amide bonds. The molecular formula is C17H19NO2. The van der Waals surface area contributed by atoms with Crippen LogP contribution < -0.4 is 0 Å². The monoisotopic (exact) mass is 269 g/mol.